The molecule has 0 saturated heterocycles. The highest BCUT2D eigenvalue weighted by Gasteiger charge is 2.19. The SMILES string of the molecule is CN(C1=CC2=CC=NCC2=C1)c1ncnc2[nH]ccc12.Cl. The normalized spacial score (nSPS) is 16.0. The van der Waals surface area contributed by atoms with Crippen LogP contribution in [0.3, 0.4) is 0 Å². The molecular formula is C15H14ClN5. The number of likely N-dealkylation sites (N-methyl/N-ethyl adjacent to an activating group) is 1. The van der Waals surface area contributed by atoms with Gasteiger partial charge in [-0.3, -0.25) is 4.99 Å². The van der Waals surface area contributed by atoms with Crippen molar-refractivity contribution < 1.29 is 0 Å². The quantitative estimate of drug-likeness (QED) is 0.927. The number of hydrogen-bond donors (Lipinski definition) is 1. The first-order valence-corrected chi connectivity index (χ1v) is 6.47. The first-order valence-electron chi connectivity index (χ1n) is 6.47. The minimum atomic E-state index is 0. The lowest BCUT2D eigenvalue weighted by atomic mass is 10.1. The Hall–Kier alpha value is -2.40. The molecule has 0 saturated carbocycles. The zero-order valence-electron chi connectivity index (χ0n) is 11.4. The van der Waals surface area contributed by atoms with Crippen molar-refractivity contribution in [2.75, 3.05) is 18.5 Å². The fourth-order valence-electron chi connectivity index (χ4n) is 2.57. The van der Waals surface area contributed by atoms with Gasteiger partial charge in [-0.25, -0.2) is 9.97 Å². The minimum absolute atomic E-state index is 0. The molecule has 3 heterocycles. The van der Waals surface area contributed by atoms with Crippen molar-refractivity contribution in [3.63, 3.8) is 0 Å². The van der Waals surface area contributed by atoms with Gasteiger partial charge in [0.2, 0.25) is 0 Å². The summed E-state index contributed by atoms with van der Waals surface area (Å²) in [6.45, 7) is 0.753. The van der Waals surface area contributed by atoms with E-state index in [4.69, 9.17) is 0 Å². The van der Waals surface area contributed by atoms with Crippen molar-refractivity contribution in [3.05, 3.63) is 53.7 Å². The van der Waals surface area contributed by atoms with Crippen molar-refractivity contribution in [3.8, 4) is 0 Å². The van der Waals surface area contributed by atoms with Gasteiger partial charge < -0.3 is 9.88 Å². The summed E-state index contributed by atoms with van der Waals surface area (Å²) in [5.74, 6) is 0.902. The summed E-state index contributed by atoms with van der Waals surface area (Å²) in [5, 5.41) is 1.02. The largest absolute Gasteiger partial charge is 0.346 e. The third-order valence-corrected chi connectivity index (χ3v) is 3.66. The predicted octanol–water partition coefficient (Wildman–Crippen LogP) is 2.65. The molecule has 2 aromatic heterocycles. The molecular weight excluding hydrogens is 286 g/mol. The Labute approximate surface area is 128 Å². The number of aromatic nitrogens is 3. The molecule has 0 fully saturated rings. The van der Waals surface area contributed by atoms with Crippen molar-refractivity contribution in [1.29, 1.82) is 0 Å². The molecule has 0 bridgehead atoms. The number of aromatic amines is 1. The summed E-state index contributed by atoms with van der Waals surface area (Å²) >= 11 is 0. The van der Waals surface area contributed by atoms with Crippen LogP contribution in [0, 0.1) is 0 Å². The topological polar surface area (TPSA) is 57.2 Å². The van der Waals surface area contributed by atoms with Crippen molar-refractivity contribution in [2.24, 2.45) is 4.99 Å². The average Bonchev–Trinajstić information content (AvgIpc) is 3.12. The number of allylic oxidation sites excluding steroid dienone is 3. The number of H-pyrrole nitrogens is 1. The number of halogens is 1. The number of fused-ring (bicyclic) bond motifs is 2. The number of nitrogens with one attached hydrogen (secondary N) is 1. The second-order valence-electron chi connectivity index (χ2n) is 4.85. The van der Waals surface area contributed by atoms with E-state index >= 15 is 0 Å². The maximum atomic E-state index is 4.41. The van der Waals surface area contributed by atoms with E-state index in [2.05, 4.69) is 37.0 Å². The highest BCUT2D eigenvalue weighted by atomic mass is 35.5. The zero-order valence-corrected chi connectivity index (χ0v) is 12.3. The molecule has 106 valence electrons. The van der Waals surface area contributed by atoms with E-state index in [1.165, 1.54) is 11.1 Å². The lowest BCUT2D eigenvalue weighted by Crippen LogP contribution is -2.16. The van der Waals surface area contributed by atoms with Crippen molar-refractivity contribution in [2.45, 2.75) is 0 Å². The van der Waals surface area contributed by atoms with Gasteiger partial charge in [-0.2, -0.15) is 0 Å². The second kappa shape index (κ2) is 5.18. The Kier molecular flexibility index (Phi) is 3.35. The van der Waals surface area contributed by atoms with Gasteiger partial charge in [-0.1, -0.05) is 0 Å². The summed E-state index contributed by atoms with van der Waals surface area (Å²) in [6, 6.07) is 2.00. The Morgan fingerprint density at radius 1 is 1.24 bits per heavy atom. The van der Waals surface area contributed by atoms with E-state index in [9.17, 15) is 0 Å². The fourth-order valence-corrected chi connectivity index (χ4v) is 2.57. The van der Waals surface area contributed by atoms with E-state index < -0.39 is 0 Å². The number of rotatable bonds is 2. The smallest absolute Gasteiger partial charge is 0.145 e. The van der Waals surface area contributed by atoms with Gasteiger partial charge in [0.15, 0.2) is 0 Å². The molecule has 0 spiro atoms. The molecule has 4 rings (SSSR count). The van der Waals surface area contributed by atoms with Crippen molar-refractivity contribution in [1.82, 2.24) is 15.0 Å². The van der Waals surface area contributed by atoms with Gasteiger partial charge in [0.05, 0.1) is 11.9 Å². The predicted molar refractivity (Wildman–Crippen MR) is 87.1 cm³/mol. The van der Waals surface area contributed by atoms with Crippen LogP contribution in [-0.2, 0) is 0 Å². The molecule has 5 nitrogen and oxygen atoms in total. The summed E-state index contributed by atoms with van der Waals surface area (Å²) < 4.78 is 0. The number of dihydropyridines is 1. The van der Waals surface area contributed by atoms with Gasteiger partial charge in [0.25, 0.3) is 0 Å². The van der Waals surface area contributed by atoms with Crippen LogP contribution in [0.5, 0.6) is 0 Å². The first-order chi connectivity index (χ1) is 9.83. The molecule has 0 atom stereocenters. The van der Waals surface area contributed by atoms with Gasteiger partial charge in [-0.05, 0) is 35.4 Å². The maximum absolute atomic E-state index is 4.41. The summed E-state index contributed by atoms with van der Waals surface area (Å²) in [4.78, 5) is 18.1. The molecule has 21 heavy (non-hydrogen) atoms. The van der Waals surface area contributed by atoms with Crippen LogP contribution in [0.15, 0.2) is 58.7 Å². The van der Waals surface area contributed by atoms with E-state index in [1.54, 1.807) is 6.33 Å². The van der Waals surface area contributed by atoms with Crippen LogP contribution in [-0.4, -0.2) is 34.8 Å². The Bertz CT molecular complexity index is 812. The van der Waals surface area contributed by atoms with E-state index in [-0.39, 0.29) is 12.4 Å². The first kappa shape index (κ1) is 13.6. The van der Waals surface area contributed by atoms with Crippen LogP contribution >= 0.6 is 12.4 Å². The number of aliphatic imine (C=N–C) groups is 1. The molecule has 1 N–H and O–H groups in total. The molecule has 2 aromatic rings. The van der Waals surface area contributed by atoms with Crippen molar-refractivity contribution >= 4 is 35.5 Å². The number of hydrogen-bond acceptors (Lipinski definition) is 4. The molecule has 2 aliphatic rings. The molecule has 0 aromatic carbocycles. The van der Waals surface area contributed by atoms with Gasteiger partial charge in [0, 0.05) is 25.2 Å². The molecule has 1 aliphatic heterocycles. The molecule has 0 unspecified atom stereocenters. The lowest BCUT2D eigenvalue weighted by Gasteiger charge is -2.18. The Morgan fingerprint density at radius 3 is 3.00 bits per heavy atom. The zero-order chi connectivity index (χ0) is 13.5. The lowest BCUT2D eigenvalue weighted by molar-refractivity contribution is 1.07. The summed E-state index contributed by atoms with van der Waals surface area (Å²) in [7, 11) is 2.02. The van der Waals surface area contributed by atoms with Crippen LogP contribution in [0.1, 0.15) is 0 Å². The van der Waals surface area contributed by atoms with E-state index in [0.717, 1.165) is 29.1 Å². The molecule has 6 heteroatoms. The third-order valence-electron chi connectivity index (χ3n) is 3.66. The Morgan fingerprint density at radius 2 is 2.14 bits per heavy atom. The fraction of sp³-hybridized carbons (Fsp3) is 0.133. The average molecular weight is 300 g/mol. The monoisotopic (exact) mass is 299 g/mol. The van der Waals surface area contributed by atoms with Gasteiger partial charge in [0.1, 0.15) is 17.8 Å². The van der Waals surface area contributed by atoms with Crippen LogP contribution in [0.25, 0.3) is 11.0 Å². The highest BCUT2D eigenvalue weighted by molar-refractivity contribution is 5.89. The number of nitrogens with zero attached hydrogens (tertiary/aromatic N) is 4. The minimum Gasteiger partial charge on any atom is -0.346 e. The van der Waals surface area contributed by atoms with Crippen LogP contribution in [0.4, 0.5) is 5.82 Å². The number of anilines is 1. The second-order valence-corrected chi connectivity index (χ2v) is 4.85. The molecule has 0 radical (unpaired) electrons. The van der Waals surface area contributed by atoms with Crippen LogP contribution in [0.2, 0.25) is 0 Å². The van der Waals surface area contributed by atoms with Crippen LogP contribution < -0.4 is 4.90 Å². The maximum Gasteiger partial charge on any atom is 0.145 e. The molecule has 1 aliphatic carbocycles. The standard InChI is InChI=1S/C15H13N5.ClH/c1-20(12-6-10-2-4-16-8-11(10)7-12)15-13-3-5-17-14(13)18-9-19-15;/h2-7,9H,8H2,1H3,(H,17,18,19);1H. The summed E-state index contributed by atoms with van der Waals surface area (Å²) in [6.07, 6.45) is 11.7. The Balaban J connectivity index is 0.00000132. The molecule has 0 amide bonds. The van der Waals surface area contributed by atoms with E-state index in [1.807, 2.05) is 31.6 Å². The van der Waals surface area contributed by atoms with E-state index in [0.29, 0.717) is 0 Å². The van der Waals surface area contributed by atoms with Gasteiger partial charge >= 0.3 is 0 Å². The highest BCUT2D eigenvalue weighted by Crippen LogP contribution is 2.31. The van der Waals surface area contributed by atoms with Gasteiger partial charge in [-0.15, -0.1) is 12.4 Å². The summed E-state index contributed by atoms with van der Waals surface area (Å²) in [5.41, 5.74) is 4.47. The third kappa shape index (κ3) is 2.15.